The van der Waals surface area contributed by atoms with Crippen LogP contribution in [0.1, 0.15) is 19.4 Å². The summed E-state index contributed by atoms with van der Waals surface area (Å²) in [6, 6.07) is 6.91. The maximum Gasteiger partial charge on any atom is 0.274 e. The Kier molecular flexibility index (Phi) is 8.05. The molecule has 1 aromatic rings. The Bertz CT molecular complexity index is 449. The summed E-state index contributed by atoms with van der Waals surface area (Å²) in [5.74, 6) is 0.628. The third kappa shape index (κ3) is 5.86. The molecule has 0 aromatic heterocycles. The molecule has 0 unspecified atom stereocenters. The first-order valence-corrected chi connectivity index (χ1v) is 5.74. The number of hydrogen-bond acceptors (Lipinski definition) is 3. The van der Waals surface area contributed by atoms with Gasteiger partial charge in [0.2, 0.25) is 0 Å². The molecule has 0 radical (unpaired) electrons. The van der Waals surface area contributed by atoms with Crippen molar-refractivity contribution < 1.29 is 4.92 Å². The van der Waals surface area contributed by atoms with Crippen molar-refractivity contribution in [3.63, 3.8) is 0 Å². The number of aliphatic imine (C=N–C) groups is 1. The number of benzene rings is 1. The lowest BCUT2D eigenvalue weighted by Gasteiger charge is -2.14. The molecule has 6 nitrogen and oxygen atoms in total. The van der Waals surface area contributed by atoms with E-state index >= 15 is 0 Å². The van der Waals surface area contributed by atoms with Gasteiger partial charge in [-0.05, 0) is 13.8 Å². The van der Waals surface area contributed by atoms with Crippen LogP contribution in [0.2, 0.25) is 0 Å². The van der Waals surface area contributed by atoms with Crippen LogP contribution in [0.3, 0.4) is 0 Å². The van der Waals surface area contributed by atoms with Crippen molar-refractivity contribution in [3.8, 4) is 0 Å². The molecule has 2 N–H and O–H groups in total. The van der Waals surface area contributed by atoms with Gasteiger partial charge in [0.15, 0.2) is 5.96 Å². The Hall–Kier alpha value is -1.38. The van der Waals surface area contributed by atoms with Gasteiger partial charge < -0.3 is 10.6 Å². The van der Waals surface area contributed by atoms with Crippen LogP contribution in [0.4, 0.5) is 5.69 Å². The molecule has 7 heteroatoms. The highest BCUT2D eigenvalue weighted by Crippen LogP contribution is 2.16. The van der Waals surface area contributed by atoms with Crippen molar-refractivity contribution in [1.29, 1.82) is 0 Å². The van der Waals surface area contributed by atoms with Crippen LogP contribution >= 0.6 is 24.0 Å². The fourth-order valence-corrected chi connectivity index (χ4v) is 1.49. The highest BCUT2D eigenvalue weighted by atomic mass is 127. The summed E-state index contributed by atoms with van der Waals surface area (Å²) in [6.07, 6.45) is 0. The molecule has 1 rings (SSSR count). The van der Waals surface area contributed by atoms with Crippen LogP contribution in [0, 0.1) is 10.1 Å². The molecular formula is C12H19IN4O2. The average Bonchev–Trinajstić information content (AvgIpc) is 2.34. The summed E-state index contributed by atoms with van der Waals surface area (Å²) in [5.41, 5.74) is 0.749. The van der Waals surface area contributed by atoms with Gasteiger partial charge in [-0.25, -0.2) is 0 Å². The standard InChI is InChI=1S/C12H18N4O2.HI/c1-9(2)15-12(13-3)14-8-10-6-4-5-7-11(10)16(17)18;/h4-7,9H,8H2,1-3H3,(H2,13,14,15);1H. The summed E-state index contributed by atoms with van der Waals surface area (Å²) < 4.78 is 0. The fraction of sp³-hybridized carbons (Fsp3) is 0.417. The average molecular weight is 378 g/mol. The molecule has 0 aliphatic rings. The maximum absolute atomic E-state index is 10.8. The van der Waals surface area contributed by atoms with E-state index in [0.29, 0.717) is 18.1 Å². The SMILES string of the molecule is CN=C(NCc1ccccc1[N+](=O)[O-])NC(C)C.I. The lowest BCUT2D eigenvalue weighted by molar-refractivity contribution is -0.385. The molecule has 0 heterocycles. The van der Waals surface area contributed by atoms with Gasteiger partial charge in [0.25, 0.3) is 5.69 Å². The molecule has 0 aliphatic heterocycles. The second kappa shape index (κ2) is 8.68. The van der Waals surface area contributed by atoms with Gasteiger partial charge in [0.05, 0.1) is 4.92 Å². The van der Waals surface area contributed by atoms with Gasteiger partial charge in [-0.2, -0.15) is 0 Å². The number of nitro groups is 1. The predicted molar refractivity (Wildman–Crippen MR) is 87.0 cm³/mol. The van der Waals surface area contributed by atoms with E-state index in [2.05, 4.69) is 15.6 Å². The van der Waals surface area contributed by atoms with Gasteiger partial charge in [-0.15, -0.1) is 24.0 Å². The van der Waals surface area contributed by atoms with E-state index in [1.165, 1.54) is 6.07 Å². The predicted octanol–water partition coefficient (Wildman–Crippen LogP) is 2.29. The first-order valence-electron chi connectivity index (χ1n) is 5.74. The quantitative estimate of drug-likeness (QED) is 0.277. The van der Waals surface area contributed by atoms with Crippen molar-refractivity contribution in [2.75, 3.05) is 7.05 Å². The van der Waals surface area contributed by atoms with Gasteiger partial charge in [0, 0.05) is 31.3 Å². The zero-order valence-electron chi connectivity index (χ0n) is 11.2. The van der Waals surface area contributed by atoms with E-state index in [-0.39, 0.29) is 40.6 Å². The molecular weight excluding hydrogens is 359 g/mol. The maximum atomic E-state index is 10.8. The van der Waals surface area contributed by atoms with Crippen LogP contribution in [-0.2, 0) is 6.54 Å². The summed E-state index contributed by atoms with van der Waals surface area (Å²) in [5, 5.41) is 17.0. The summed E-state index contributed by atoms with van der Waals surface area (Å²) in [6.45, 7) is 4.36. The molecule has 0 saturated heterocycles. The molecule has 0 aliphatic carbocycles. The molecule has 0 bridgehead atoms. The van der Waals surface area contributed by atoms with Crippen LogP contribution in [-0.4, -0.2) is 24.0 Å². The van der Waals surface area contributed by atoms with Crippen LogP contribution in [0.5, 0.6) is 0 Å². The molecule has 0 spiro atoms. The minimum absolute atomic E-state index is 0. The van der Waals surface area contributed by atoms with Crippen LogP contribution < -0.4 is 10.6 Å². The van der Waals surface area contributed by atoms with Crippen molar-refractivity contribution in [2.45, 2.75) is 26.4 Å². The number of halogens is 1. The normalized spacial score (nSPS) is 10.8. The highest BCUT2D eigenvalue weighted by molar-refractivity contribution is 14.0. The molecule has 0 atom stereocenters. The summed E-state index contributed by atoms with van der Waals surface area (Å²) in [7, 11) is 1.66. The second-order valence-corrected chi connectivity index (χ2v) is 4.11. The van der Waals surface area contributed by atoms with E-state index in [1.807, 2.05) is 13.8 Å². The molecule has 0 saturated carbocycles. The third-order valence-electron chi connectivity index (χ3n) is 2.28. The number of hydrogen-bond donors (Lipinski definition) is 2. The van der Waals surface area contributed by atoms with Crippen LogP contribution in [0.15, 0.2) is 29.3 Å². The Balaban J connectivity index is 0.00000324. The first-order chi connectivity index (χ1) is 8.54. The molecule has 1 aromatic carbocycles. The minimum atomic E-state index is -0.379. The largest absolute Gasteiger partial charge is 0.354 e. The zero-order valence-corrected chi connectivity index (χ0v) is 13.5. The minimum Gasteiger partial charge on any atom is -0.354 e. The first kappa shape index (κ1) is 17.6. The number of rotatable bonds is 4. The Labute approximate surface area is 129 Å². The van der Waals surface area contributed by atoms with E-state index in [1.54, 1.807) is 25.2 Å². The van der Waals surface area contributed by atoms with Crippen molar-refractivity contribution in [2.24, 2.45) is 4.99 Å². The van der Waals surface area contributed by atoms with E-state index < -0.39 is 0 Å². The summed E-state index contributed by atoms with van der Waals surface area (Å²) in [4.78, 5) is 14.5. The van der Waals surface area contributed by atoms with Crippen molar-refractivity contribution >= 4 is 35.6 Å². The number of para-hydroxylation sites is 1. The van der Waals surface area contributed by atoms with Crippen LogP contribution in [0.25, 0.3) is 0 Å². The van der Waals surface area contributed by atoms with Crippen molar-refractivity contribution in [3.05, 3.63) is 39.9 Å². The van der Waals surface area contributed by atoms with Gasteiger partial charge in [-0.1, -0.05) is 18.2 Å². The molecule has 19 heavy (non-hydrogen) atoms. The number of nitrogens with one attached hydrogen (secondary N) is 2. The fourth-order valence-electron chi connectivity index (χ4n) is 1.49. The molecule has 106 valence electrons. The zero-order chi connectivity index (χ0) is 13.5. The monoisotopic (exact) mass is 378 g/mol. The Morgan fingerprint density at radius 1 is 1.42 bits per heavy atom. The Morgan fingerprint density at radius 2 is 2.05 bits per heavy atom. The summed E-state index contributed by atoms with van der Waals surface area (Å²) >= 11 is 0. The van der Waals surface area contributed by atoms with Crippen molar-refractivity contribution in [1.82, 2.24) is 10.6 Å². The van der Waals surface area contributed by atoms with Gasteiger partial charge in [0.1, 0.15) is 0 Å². The van der Waals surface area contributed by atoms with E-state index in [0.717, 1.165) is 0 Å². The molecule has 0 fully saturated rings. The number of guanidine groups is 1. The Morgan fingerprint density at radius 3 is 2.58 bits per heavy atom. The smallest absolute Gasteiger partial charge is 0.274 e. The third-order valence-corrected chi connectivity index (χ3v) is 2.28. The van der Waals surface area contributed by atoms with E-state index in [4.69, 9.17) is 0 Å². The highest BCUT2D eigenvalue weighted by Gasteiger charge is 2.12. The number of nitro benzene ring substituents is 1. The second-order valence-electron chi connectivity index (χ2n) is 4.11. The lowest BCUT2D eigenvalue weighted by atomic mass is 10.2. The lowest BCUT2D eigenvalue weighted by Crippen LogP contribution is -2.40. The topological polar surface area (TPSA) is 79.6 Å². The van der Waals surface area contributed by atoms with Gasteiger partial charge >= 0.3 is 0 Å². The van der Waals surface area contributed by atoms with Gasteiger partial charge in [-0.3, -0.25) is 15.1 Å². The number of nitrogens with zero attached hydrogens (tertiary/aromatic N) is 2. The molecule has 0 amide bonds. The van der Waals surface area contributed by atoms with E-state index in [9.17, 15) is 10.1 Å².